The lowest BCUT2D eigenvalue weighted by Gasteiger charge is -2.33. The third-order valence-electron chi connectivity index (χ3n) is 5.42. The lowest BCUT2D eigenvalue weighted by molar-refractivity contribution is -0.122. The molecule has 1 amide bonds. The summed E-state index contributed by atoms with van der Waals surface area (Å²) in [4.78, 5) is 12.1. The van der Waals surface area contributed by atoms with Gasteiger partial charge in [0, 0.05) is 13.2 Å². The van der Waals surface area contributed by atoms with E-state index >= 15 is 0 Å². The van der Waals surface area contributed by atoms with E-state index in [2.05, 4.69) is 12.1 Å². The van der Waals surface area contributed by atoms with Gasteiger partial charge in [-0.05, 0) is 62.4 Å². The second-order valence-corrected chi connectivity index (χ2v) is 9.66. The van der Waals surface area contributed by atoms with Crippen LogP contribution in [0, 0.1) is 0 Å². The Kier molecular flexibility index (Phi) is 6.59. The van der Waals surface area contributed by atoms with Gasteiger partial charge in [0.25, 0.3) is 0 Å². The largest absolute Gasteiger partial charge is 0.491 e. The summed E-state index contributed by atoms with van der Waals surface area (Å²) in [7, 11) is -3.92. The Morgan fingerprint density at radius 1 is 1.10 bits per heavy atom. The van der Waals surface area contributed by atoms with E-state index in [4.69, 9.17) is 15.2 Å². The molecule has 1 heterocycles. The summed E-state index contributed by atoms with van der Waals surface area (Å²) in [5.74, 6) is -0.236. The molecule has 0 spiro atoms. The van der Waals surface area contributed by atoms with Gasteiger partial charge in [-0.25, -0.2) is 8.42 Å². The SMILES string of the molecule is CC(CCc1ccccc1)Oc1ccc(S(=O)(=O)C2(C(N)=O)CCOCC2)cc1. The Hall–Kier alpha value is -2.38. The summed E-state index contributed by atoms with van der Waals surface area (Å²) in [6.07, 6.45) is 1.86. The van der Waals surface area contributed by atoms with Crippen LogP contribution in [0.1, 0.15) is 31.7 Å². The molecule has 0 aliphatic carbocycles. The van der Waals surface area contributed by atoms with Crippen molar-refractivity contribution in [3.05, 3.63) is 60.2 Å². The highest BCUT2D eigenvalue weighted by molar-refractivity contribution is 7.93. The normalized spacial score (nSPS) is 17.4. The Balaban J connectivity index is 1.68. The Morgan fingerprint density at radius 2 is 1.72 bits per heavy atom. The maximum atomic E-state index is 13.1. The molecule has 1 saturated heterocycles. The smallest absolute Gasteiger partial charge is 0.239 e. The molecular weight excluding hydrogens is 390 g/mol. The zero-order chi connectivity index (χ0) is 20.9. The zero-order valence-corrected chi connectivity index (χ0v) is 17.4. The van der Waals surface area contributed by atoms with E-state index in [0.29, 0.717) is 5.75 Å². The van der Waals surface area contributed by atoms with E-state index in [1.54, 1.807) is 12.1 Å². The summed E-state index contributed by atoms with van der Waals surface area (Å²) in [6.45, 7) is 2.38. The molecule has 1 atom stereocenters. The molecule has 0 bridgehead atoms. The van der Waals surface area contributed by atoms with Crippen molar-refractivity contribution in [1.82, 2.24) is 0 Å². The number of carbonyl (C=O) groups excluding carboxylic acids is 1. The number of hydrogen-bond acceptors (Lipinski definition) is 5. The Morgan fingerprint density at radius 3 is 2.31 bits per heavy atom. The van der Waals surface area contributed by atoms with Crippen molar-refractivity contribution in [1.29, 1.82) is 0 Å². The minimum absolute atomic E-state index is 0.0230. The van der Waals surface area contributed by atoms with Crippen molar-refractivity contribution >= 4 is 15.7 Å². The monoisotopic (exact) mass is 417 g/mol. The molecule has 7 heteroatoms. The number of rotatable bonds is 8. The summed E-state index contributed by atoms with van der Waals surface area (Å²) in [5, 5.41) is 0. The van der Waals surface area contributed by atoms with E-state index in [1.807, 2.05) is 25.1 Å². The third kappa shape index (κ3) is 4.62. The van der Waals surface area contributed by atoms with Crippen LogP contribution >= 0.6 is 0 Å². The molecule has 2 aromatic carbocycles. The quantitative estimate of drug-likeness (QED) is 0.712. The number of nitrogens with two attached hydrogens (primary N) is 1. The molecule has 1 aliphatic heterocycles. The topological polar surface area (TPSA) is 95.7 Å². The van der Waals surface area contributed by atoms with Crippen molar-refractivity contribution in [2.75, 3.05) is 13.2 Å². The number of benzene rings is 2. The minimum atomic E-state index is -3.92. The second-order valence-electron chi connectivity index (χ2n) is 7.40. The fraction of sp³-hybridized carbons (Fsp3) is 0.409. The van der Waals surface area contributed by atoms with Crippen LogP contribution in [0.5, 0.6) is 5.75 Å². The molecule has 1 fully saturated rings. The van der Waals surface area contributed by atoms with E-state index in [9.17, 15) is 13.2 Å². The van der Waals surface area contributed by atoms with Crippen LogP contribution in [0.3, 0.4) is 0 Å². The predicted octanol–water partition coefficient (Wildman–Crippen LogP) is 2.89. The van der Waals surface area contributed by atoms with Crippen molar-refractivity contribution < 1.29 is 22.7 Å². The van der Waals surface area contributed by atoms with Gasteiger partial charge in [0.1, 0.15) is 5.75 Å². The van der Waals surface area contributed by atoms with Gasteiger partial charge in [0.15, 0.2) is 14.6 Å². The van der Waals surface area contributed by atoms with Gasteiger partial charge in [-0.15, -0.1) is 0 Å². The zero-order valence-electron chi connectivity index (χ0n) is 16.5. The minimum Gasteiger partial charge on any atom is -0.491 e. The third-order valence-corrected chi connectivity index (χ3v) is 7.95. The highest BCUT2D eigenvalue weighted by atomic mass is 32.2. The summed E-state index contributed by atoms with van der Waals surface area (Å²) in [6, 6.07) is 16.4. The number of hydrogen-bond donors (Lipinski definition) is 1. The fourth-order valence-corrected chi connectivity index (χ4v) is 5.49. The summed E-state index contributed by atoms with van der Waals surface area (Å²) in [5.41, 5.74) is 6.75. The summed E-state index contributed by atoms with van der Waals surface area (Å²) >= 11 is 0. The number of aryl methyl sites for hydroxylation is 1. The van der Waals surface area contributed by atoms with Gasteiger partial charge in [-0.1, -0.05) is 30.3 Å². The first-order valence-electron chi connectivity index (χ1n) is 9.78. The highest BCUT2D eigenvalue weighted by Gasteiger charge is 2.51. The second kappa shape index (κ2) is 8.97. The Bertz CT molecular complexity index is 919. The molecular formula is C22H27NO5S. The number of ether oxygens (including phenoxy) is 2. The van der Waals surface area contributed by atoms with Crippen LogP contribution in [0.15, 0.2) is 59.5 Å². The molecule has 1 aliphatic rings. The fourth-order valence-electron chi connectivity index (χ4n) is 3.58. The van der Waals surface area contributed by atoms with Crippen LogP contribution in [0.2, 0.25) is 0 Å². The molecule has 2 aromatic rings. The lowest BCUT2D eigenvalue weighted by atomic mass is 9.98. The van der Waals surface area contributed by atoms with Crippen LogP contribution in [0.25, 0.3) is 0 Å². The van der Waals surface area contributed by atoms with Crippen LogP contribution in [-0.4, -0.2) is 38.4 Å². The standard InChI is InChI=1S/C22H27NO5S/c1-17(7-8-18-5-3-2-4-6-18)28-19-9-11-20(12-10-19)29(25,26)22(21(23)24)13-15-27-16-14-22/h2-6,9-12,17H,7-8,13-16H2,1H3,(H2,23,24). The van der Waals surface area contributed by atoms with E-state index < -0.39 is 20.5 Å². The molecule has 0 saturated carbocycles. The van der Waals surface area contributed by atoms with Crippen LogP contribution < -0.4 is 10.5 Å². The van der Waals surface area contributed by atoms with Gasteiger partial charge in [-0.3, -0.25) is 4.79 Å². The van der Waals surface area contributed by atoms with Crippen LogP contribution in [-0.2, 0) is 25.8 Å². The number of amides is 1. The molecule has 6 nitrogen and oxygen atoms in total. The predicted molar refractivity (Wildman–Crippen MR) is 110 cm³/mol. The maximum absolute atomic E-state index is 13.1. The Labute approximate surface area is 171 Å². The van der Waals surface area contributed by atoms with E-state index in [-0.39, 0.29) is 37.1 Å². The van der Waals surface area contributed by atoms with Gasteiger partial charge in [0.2, 0.25) is 5.91 Å². The molecule has 156 valence electrons. The molecule has 2 N–H and O–H groups in total. The first kappa shape index (κ1) is 21.3. The van der Waals surface area contributed by atoms with Crippen LogP contribution in [0.4, 0.5) is 0 Å². The van der Waals surface area contributed by atoms with Gasteiger partial charge < -0.3 is 15.2 Å². The average molecular weight is 418 g/mol. The maximum Gasteiger partial charge on any atom is 0.239 e. The van der Waals surface area contributed by atoms with Crippen molar-refractivity contribution in [2.24, 2.45) is 5.73 Å². The van der Waals surface area contributed by atoms with Crippen molar-refractivity contribution in [2.45, 2.75) is 48.4 Å². The van der Waals surface area contributed by atoms with Crippen molar-refractivity contribution in [3.63, 3.8) is 0 Å². The van der Waals surface area contributed by atoms with Gasteiger partial charge in [-0.2, -0.15) is 0 Å². The van der Waals surface area contributed by atoms with Gasteiger partial charge in [0.05, 0.1) is 11.0 Å². The summed E-state index contributed by atoms with van der Waals surface area (Å²) < 4.78 is 35.8. The molecule has 3 rings (SSSR count). The first-order valence-corrected chi connectivity index (χ1v) is 11.3. The highest BCUT2D eigenvalue weighted by Crippen LogP contribution is 2.35. The first-order chi connectivity index (χ1) is 13.8. The average Bonchev–Trinajstić information content (AvgIpc) is 2.73. The molecule has 0 aromatic heterocycles. The number of sulfone groups is 1. The lowest BCUT2D eigenvalue weighted by Crippen LogP contribution is -2.53. The number of carbonyl (C=O) groups is 1. The molecule has 0 radical (unpaired) electrons. The van der Waals surface area contributed by atoms with E-state index in [0.717, 1.165) is 12.8 Å². The van der Waals surface area contributed by atoms with E-state index in [1.165, 1.54) is 17.7 Å². The molecule has 1 unspecified atom stereocenters. The van der Waals surface area contributed by atoms with Crippen molar-refractivity contribution in [3.8, 4) is 5.75 Å². The number of primary amides is 1. The molecule has 29 heavy (non-hydrogen) atoms. The van der Waals surface area contributed by atoms with Gasteiger partial charge >= 0.3 is 0 Å².